The third-order valence-electron chi connectivity index (χ3n) is 13.2. The topological polar surface area (TPSA) is 33.6 Å². The zero-order valence-corrected chi connectivity index (χ0v) is 36.4. The molecule has 0 atom stereocenters. The SMILES string of the molecule is N#Cc1cccc(-c2ccc(-n3c4cc(-c5ccccc5)ccc4c4ccc(-c5ccccc5)cc43)c(C(F)(F)F)c2-n2c3cc(-c4ccccc4)ccc3c3ccc(-c4ccccc4)cc32)c1. The molecule has 0 amide bonds. The van der Waals surface area contributed by atoms with Crippen LogP contribution in [0.4, 0.5) is 13.2 Å². The summed E-state index contributed by atoms with van der Waals surface area (Å²) >= 11 is 0. The van der Waals surface area contributed by atoms with Gasteiger partial charge in [-0.2, -0.15) is 18.4 Å². The lowest BCUT2D eigenvalue weighted by atomic mass is 9.95. The lowest BCUT2D eigenvalue weighted by Gasteiger charge is -2.25. The van der Waals surface area contributed by atoms with Gasteiger partial charge in [-0.15, -0.1) is 0 Å². The molecule has 6 heteroatoms. The summed E-state index contributed by atoms with van der Waals surface area (Å²) in [4.78, 5) is 0. The summed E-state index contributed by atoms with van der Waals surface area (Å²) in [6.45, 7) is 0. The molecule has 2 aromatic heterocycles. The molecule has 68 heavy (non-hydrogen) atoms. The maximum absolute atomic E-state index is 17.2. The first-order chi connectivity index (χ1) is 33.3. The number of aromatic nitrogens is 2. The lowest BCUT2D eigenvalue weighted by Crippen LogP contribution is -2.17. The zero-order valence-electron chi connectivity index (χ0n) is 36.4. The second-order valence-corrected chi connectivity index (χ2v) is 17.1. The van der Waals surface area contributed by atoms with Gasteiger partial charge in [-0.1, -0.05) is 188 Å². The molecule has 322 valence electrons. The first-order valence-corrected chi connectivity index (χ1v) is 22.5. The summed E-state index contributed by atoms with van der Waals surface area (Å²) in [5, 5.41) is 13.4. The van der Waals surface area contributed by atoms with Gasteiger partial charge in [0.15, 0.2) is 0 Å². The number of fused-ring (bicyclic) bond motifs is 6. The van der Waals surface area contributed by atoms with E-state index >= 15 is 13.2 Å². The summed E-state index contributed by atoms with van der Waals surface area (Å²) in [5.74, 6) is 0. The van der Waals surface area contributed by atoms with E-state index in [-0.39, 0.29) is 11.4 Å². The van der Waals surface area contributed by atoms with Gasteiger partial charge in [-0.3, -0.25) is 0 Å². The normalized spacial score (nSPS) is 11.7. The first-order valence-electron chi connectivity index (χ1n) is 22.5. The Labute approximate surface area is 390 Å². The fourth-order valence-electron chi connectivity index (χ4n) is 10.0. The molecule has 0 bridgehead atoms. The fourth-order valence-corrected chi connectivity index (χ4v) is 10.0. The van der Waals surface area contributed by atoms with Crippen molar-refractivity contribution >= 4 is 43.6 Å². The van der Waals surface area contributed by atoms with Crippen molar-refractivity contribution in [3.8, 4) is 73.1 Å². The van der Waals surface area contributed by atoms with Crippen LogP contribution in [-0.4, -0.2) is 9.13 Å². The average molecular weight is 882 g/mol. The van der Waals surface area contributed by atoms with Crippen molar-refractivity contribution in [1.82, 2.24) is 9.13 Å². The van der Waals surface area contributed by atoms with Crippen LogP contribution in [0.3, 0.4) is 0 Å². The number of alkyl halides is 3. The van der Waals surface area contributed by atoms with Crippen molar-refractivity contribution in [2.24, 2.45) is 0 Å². The summed E-state index contributed by atoms with van der Waals surface area (Å²) in [7, 11) is 0. The van der Waals surface area contributed by atoms with Gasteiger partial charge in [0, 0.05) is 27.1 Å². The van der Waals surface area contributed by atoms with Crippen molar-refractivity contribution < 1.29 is 13.2 Å². The monoisotopic (exact) mass is 881 g/mol. The van der Waals surface area contributed by atoms with E-state index in [1.165, 1.54) is 0 Å². The van der Waals surface area contributed by atoms with Crippen molar-refractivity contribution in [3.63, 3.8) is 0 Å². The summed E-state index contributed by atoms with van der Waals surface area (Å²) in [6.07, 6.45) is -4.90. The van der Waals surface area contributed by atoms with Crippen LogP contribution in [-0.2, 0) is 6.18 Å². The number of nitriles is 1. The summed E-state index contributed by atoms with van der Waals surface area (Å²) in [5.41, 5.74) is 10.1. The van der Waals surface area contributed by atoms with Crippen LogP contribution in [0.15, 0.2) is 231 Å². The predicted molar refractivity (Wildman–Crippen MR) is 272 cm³/mol. The molecule has 0 radical (unpaired) electrons. The van der Waals surface area contributed by atoms with Gasteiger partial charge in [0.1, 0.15) is 5.56 Å². The van der Waals surface area contributed by atoms with Crippen LogP contribution in [0.5, 0.6) is 0 Å². The van der Waals surface area contributed by atoms with Crippen molar-refractivity contribution in [2.75, 3.05) is 0 Å². The minimum atomic E-state index is -4.90. The van der Waals surface area contributed by atoms with Crippen LogP contribution in [0.25, 0.3) is 111 Å². The Morgan fingerprint density at radius 3 is 1.07 bits per heavy atom. The van der Waals surface area contributed by atoms with Gasteiger partial charge < -0.3 is 9.13 Å². The van der Waals surface area contributed by atoms with Crippen molar-refractivity contribution in [2.45, 2.75) is 6.18 Å². The third-order valence-corrected chi connectivity index (χ3v) is 13.2. The summed E-state index contributed by atoms with van der Waals surface area (Å²) < 4.78 is 55.3. The summed E-state index contributed by atoms with van der Waals surface area (Å²) in [6, 6.07) is 76.4. The molecule has 12 aromatic rings. The van der Waals surface area contributed by atoms with Crippen LogP contribution in [0.1, 0.15) is 11.1 Å². The second kappa shape index (κ2) is 16.2. The third kappa shape index (κ3) is 6.83. The smallest absolute Gasteiger partial charge is 0.309 e. The minimum absolute atomic E-state index is 0.0171. The van der Waals surface area contributed by atoms with E-state index in [1.807, 2.05) is 203 Å². The molecule has 10 aromatic carbocycles. The van der Waals surface area contributed by atoms with Gasteiger partial charge in [-0.05, 0) is 92.5 Å². The van der Waals surface area contributed by atoms with E-state index in [2.05, 4.69) is 6.07 Å². The molecule has 0 aliphatic heterocycles. The number of halogens is 3. The molecular formula is C62H38F3N3. The number of hydrogen-bond donors (Lipinski definition) is 0. The highest BCUT2D eigenvalue weighted by atomic mass is 19.4. The maximum atomic E-state index is 17.2. The Morgan fingerprint density at radius 2 is 0.706 bits per heavy atom. The Morgan fingerprint density at radius 1 is 0.338 bits per heavy atom. The van der Waals surface area contributed by atoms with E-state index in [4.69, 9.17) is 0 Å². The average Bonchev–Trinajstić information content (AvgIpc) is 3.90. The van der Waals surface area contributed by atoms with E-state index in [0.29, 0.717) is 38.8 Å². The molecule has 12 rings (SSSR count). The molecule has 0 N–H and O–H groups in total. The quantitative estimate of drug-likeness (QED) is 0.157. The standard InChI is InChI=1S/C62H38F3N3/c63-62(64,65)60-55(67-56-35-45(41-15-5-1-6-16-41)24-28-51(56)52-29-25-46(36-57(52)67)42-17-7-2-8-18-42)33-32-50(49-23-13-14-40(34-49)39-66)61(60)68-58-37-47(43-19-9-3-10-20-43)26-30-53(58)54-31-27-48(38-59(54)68)44-21-11-4-12-22-44/h1-38H. The second-order valence-electron chi connectivity index (χ2n) is 17.1. The number of rotatable bonds is 7. The van der Waals surface area contributed by atoms with Crippen molar-refractivity contribution in [3.05, 3.63) is 242 Å². The van der Waals surface area contributed by atoms with Gasteiger partial charge in [0.25, 0.3) is 0 Å². The molecule has 3 nitrogen and oxygen atoms in total. The Kier molecular flexibility index (Phi) is 9.67. The largest absolute Gasteiger partial charge is 0.420 e. The van der Waals surface area contributed by atoms with Gasteiger partial charge in [-0.25, -0.2) is 0 Å². The molecule has 0 saturated heterocycles. The Hall–Kier alpha value is -8.92. The molecule has 0 spiro atoms. The molecule has 0 unspecified atom stereocenters. The maximum Gasteiger partial charge on any atom is 0.420 e. The van der Waals surface area contributed by atoms with Gasteiger partial charge >= 0.3 is 6.18 Å². The number of benzene rings is 10. The molecule has 0 aliphatic carbocycles. The van der Waals surface area contributed by atoms with Gasteiger partial charge in [0.05, 0.1) is 45.1 Å². The highest BCUT2D eigenvalue weighted by Crippen LogP contribution is 2.49. The highest BCUT2D eigenvalue weighted by molar-refractivity contribution is 6.13. The number of hydrogen-bond acceptors (Lipinski definition) is 1. The first kappa shape index (κ1) is 40.6. The highest BCUT2D eigenvalue weighted by Gasteiger charge is 2.40. The fraction of sp³-hybridized carbons (Fsp3) is 0.0161. The molecule has 0 fully saturated rings. The number of nitrogens with zero attached hydrogens (tertiary/aromatic N) is 3. The van der Waals surface area contributed by atoms with Crippen molar-refractivity contribution in [1.29, 1.82) is 5.26 Å². The molecule has 2 heterocycles. The Balaban J connectivity index is 1.27. The van der Waals surface area contributed by atoms with E-state index in [9.17, 15) is 5.26 Å². The minimum Gasteiger partial charge on any atom is -0.309 e. The van der Waals surface area contributed by atoms with Crippen LogP contribution < -0.4 is 0 Å². The lowest BCUT2D eigenvalue weighted by molar-refractivity contribution is -0.137. The predicted octanol–water partition coefficient (Wildman–Crippen LogP) is 17.1. The van der Waals surface area contributed by atoms with E-state index in [0.717, 1.165) is 66.1 Å². The molecular weight excluding hydrogens is 844 g/mol. The van der Waals surface area contributed by atoms with Gasteiger partial charge in [0.2, 0.25) is 0 Å². The molecule has 0 aliphatic rings. The zero-order chi connectivity index (χ0) is 45.9. The van der Waals surface area contributed by atoms with Crippen LogP contribution >= 0.6 is 0 Å². The van der Waals surface area contributed by atoms with Crippen LogP contribution in [0.2, 0.25) is 0 Å². The van der Waals surface area contributed by atoms with E-state index in [1.54, 1.807) is 36.4 Å². The Bertz CT molecular complexity index is 3740. The van der Waals surface area contributed by atoms with Crippen LogP contribution in [0, 0.1) is 11.3 Å². The van der Waals surface area contributed by atoms with E-state index < -0.39 is 11.7 Å². The molecule has 0 saturated carbocycles.